The lowest BCUT2D eigenvalue weighted by molar-refractivity contribution is 0.0631. The van der Waals surface area contributed by atoms with Gasteiger partial charge in [-0.05, 0) is 61.3 Å². The molecule has 0 atom stereocenters. The van der Waals surface area contributed by atoms with Crippen LogP contribution in [0, 0.1) is 0 Å². The SMILES string of the molecule is CCc1cn(C)c(=O)c2ccc(OC3CCN(C4CCCCC4)CC3)cc12. The van der Waals surface area contributed by atoms with Gasteiger partial charge in [0.2, 0.25) is 0 Å². The molecule has 2 aliphatic rings. The molecule has 0 bridgehead atoms. The number of likely N-dealkylation sites (tertiary alicyclic amines) is 1. The number of aromatic nitrogens is 1. The Kier molecular flexibility index (Phi) is 5.53. The summed E-state index contributed by atoms with van der Waals surface area (Å²) < 4.78 is 8.02. The maximum atomic E-state index is 12.4. The second kappa shape index (κ2) is 8.05. The van der Waals surface area contributed by atoms with Crippen molar-refractivity contribution in [2.45, 2.75) is 70.4 Å². The zero-order valence-corrected chi connectivity index (χ0v) is 16.7. The van der Waals surface area contributed by atoms with Gasteiger partial charge in [0.25, 0.3) is 5.56 Å². The van der Waals surface area contributed by atoms with Gasteiger partial charge in [0.15, 0.2) is 0 Å². The summed E-state index contributed by atoms with van der Waals surface area (Å²) in [7, 11) is 1.82. The van der Waals surface area contributed by atoms with E-state index in [1.54, 1.807) is 4.57 Å². The number of nitrogens with zero attached hydrogens (tertiary/aromatic N) is 2. The van der Waals surface area contributed by atoms with E-state index in [-0.39, 0.29) is 5.56 Å². The Balaban J connectivity index is 1.45. The van der Waals surface area contributed by atoms with Crippen LogP contribution in [0.2, 0.25) is 0 Å². The van der Waals surface area contributed by atoms with Gasteiger partial charge in [-0.1, -0.05) is 26.2 Å². The Morgan fingerprint density at radius 2 is 1.78 bits per heavy atom. The second-order valence-corrected chi connectivity index (χ2v) is 8.28. The van der Waals surface area contributed by atoms with Gasteiger partial charge < -0.3 is 14.2 Å². The standard InChI is InChI=1S/C23H32N2O2/c1-3-17-16-24(2)23(26)21-10-9-20(15-22(17)21)27-19-11-13-25(14-12-19)18-7-5-4-6-8-18/h9-10,15-16,18-19H,3-8,11-14H2,1-2H3. The molecule has 1 aliphatic carbocycles. The molecule has 1 aromatic heterocycles. The number of hydrogen-bond donors (Lipinski definition) is 0. The quantitative estimate of drug-likeness (QED) is 0.808. The van der Waals surface area contributed by atoms with Gasteiger partial charge in [0, 0.05) is 37.8 Å². The van der Waals surface area contributed by atoms with E-state index in [9.17, 15) is 4.79 Å². The molecule has 4 rings (SSSR count). The Bertz CT molecular complexity index is 843. The molecule has 0 unspecified atom stereocenters. The fourth-order valence-electron chi connectivity index (χ4n) is 4.88. The van der Waals surface area contributed by atoms with Crippen LogP contribution in [-0.4, -0.2) is 34.7 Å². The maximum Gasteiger partial charge on any atom is 0.258 e. The van der Waals surface area contributed by atoms with E-state index in [0.29, 0.717) is 6.10 Å². The molecular formula is C23H32N2O2. The van der Waals surface area contributed by atoms with Crippen molar-refractivity contribution in [1.82, 2.24) is 9.47 Å². The highest BCUT2D eigenvalue weighted by Gasteiger charge is 2.27. The van der Waals surface area contributed by atoms with E-state index in [2.05, 4.69) is 17.9 Å². The molecule has 1 aliphatic heterocycles. The third kappa shape index (κ3) is 3.91. The summed E-state index contributed by atoms with van der Waals surface area (Å²) in [6, 6.07) is 6.78. The molecule has 1 aromatic carbocycles. The molecule has 0 N–H and O–H groups in total. The van der Waals surface area contributed by atoms with Gasteiger partial charge in [0.05, 0.1) is 0 Å². The Morgan fingerprint density at radius 3 is 2.48 bits per heavy atom. The largest absolute Gasteiger partial charge is 0.490 e. The number of benzene rings is 1. The Labute approximate surface area is 162 Å². The lowest BCUT2D eigenvalue weighted by Crippen LogP contribution is -2.44. The number of hydrogen-bond acceptors (Lipinski definition) is 3. The molecule has 1 saturated carbocycles. The van der Waals surface area contributed by atoms with Crippen LogP contribution in [0.15, 0.2) is 29.2 Å². The summed E-state index contributed by atoms with van der Waals surface area (Å²) in [6.45, 7) is 4.45. The van der Waals surface area contributed by atoms with Gasteiger partial charge in [-0.2, -0.15) is 0 Å². The summed E-state index contributed by atoms with van der Waals surface area (Å²) in [5, 5.41) is 1.83. The highest BCUT2D eigenvalue weighted by Crippen LogP contribution is 2.28. The first-order valence-corrected chi connectivity index (χ1v) is 10.7. The van der Waals surface area contributed by atoms with E-state index >= 15 is 0 Å². The van der Waals surface area contributed by atoms with E-state index in [1.807, 2.05) is 25.4 Å². The first kappa shape index (κ1) is 18.5. The van der Waals surface area contributed by atoms with Crippen LogP contribution in [0.25, 0.3) is 10.8 Å². The third-order valence-electron chi connectivity index (χ3n) is 6.49. The van der Waals surface area contributed by atoms with Gasteiger partial charge in [-0.25, -0.2) is 0 Å². The lowest BCUT2D eigenvalue weighted by Gasteiger charge is -2.39. The minimum atomic E-state index is 0.0644. The molecule has 0 radical (unpaired) electrons. The van der Waals surface area contributed by atoms with Crippen molar-refractivity contribution >= 4 is 10.8 Å². The molecule has 4 heteroatoms. The van der Waals surface area contributed by atoms with Gasteiger partial charge >= 0.3 is 0 Å². The van der Waals surface area contributed by atoms with Crippen LogP contribution < -0.4 is 10.3 Å². The third-order valence-corrected chi connectivity index (χ3v) is 6.49. The molecular weight excluding hydrogens is 336 g/mol. The summed E-state index contributed by atoms with van der Waals surface area (Å²) >= 11 is 0. The fourth-order valence-corrected chi connectivity index (χ4v) is 4.88. The summed E-state index contributed by atoms with van der Waals surface area (Å²) in [6.07, 6.45) is 12.3. The second-order valence-electron chi connectivity index (χ2n) is 8.28. The van der Waals surface area contributed by atoms with Crippen LogP contribution in [0.4, 0.5) is 0 Å². The first-order chi connectivity index (χ1) is 13.2. The summed E-state index contributed by atoms with van der Waals surface area (Å²) in [5.74, 6) is 0.904. The Hall–Kier alpha value is -1.81. The van der Waals surface area contributed by atoms with Gasteiger partial charge in [-0.3, -0.25) is 4.79 Å². The number of aryl methyl sites for hydroxylation is 2. The zero-order chi connectivity index (χ0) is 18.8. The molecule has 1 saturated heterocycles. The minimum absolute atomic E-state index is 0.0644. The number of piperidine rings is 1. The van der Waals surface area contributed by atoms with Crippen LogP contribution in [0.5, 0.6) is 5.75 Å². The summed E-state index contributed by atoms with van der Waals surface area (Å²) in [4.78, 5) is 15.1. The number of fused-ring (bicyclic) bond motifs is 1. The predicted octanol–water partition coefficient (Wildman–Crippen LogP) is 4.28. The predicted molar refractivity (Wildman–Crippen MR) is 111 cm³/mol. The lowest BCUT2D eigenvalue weighted by atomic mass is 9.92. The van der Waals surface area contributed by atoms with Gasteiger partial charge in [-0.15, -0.1) is 0 Å². The van der Waals surface area contributed by atoms with E-state index in [0.717, 1.165) is 54.9 Å². The molecule has 146 valence electrons. The molecule has 2 aromatic rings. The molecule has 2 fully saturated rings. The average Bonchev–Trinajstić information content (AvgIpc) is 2.72. The smallest absolute Gasteiger partial charge is 0.258 e. The van der Waals surface area contributed by atoms with Crippen molar-refractivity contribution in [1.29, 1.82) is 0 Å². The topological polar surface area (TPSA) is 34.5 Å². The molecule has 0 amide bonds. The number of rotatable bonds is 4. The first-order valence-electron chi connectivity index (χ1n) is 10.7. The monoisotopic (exact) mass is 368 g/mol. The molecule has 0 spiro atoms. The van der Waals surface area contributed by atoms with Crippen molar-refractivity contribution < 1.29 is 4.74 Å². The highest BCUT2D eigenvalue weighted by molar-refractivity contribution is 5.86. The number of ether oxygens (including phenoxy) is 1. The van der Waals surface area contributed by atoms with Crippen molar-refractivity contribution in [3.05, 3.63) is 40.3 Å². The van der Waals surface area contributed by atoms with Crippen LogP contribution >= 0.6 is 0 Å². The average molecular weight is 369 g/mol. The van der Waals surface area contributed by atoms with Crippen LogP contribution in [0.1, 0.15) is 57.4 Å². The molecule has 2 heterocycles. The fraction of sp³-hybridized carbons (Fsp3) is 0.609. The van der Waals surface area contributed by atoms with Crippen molar-refractivity contribution in [3.63, 3.8) is 0 Å². The van der Waals surface area contributed by atoms with E-state index in [1.165, 1.54) is 37.7 Å². The maximum absolute atomic E-state index is 12.4. The highest BCUT2D eigenvalue weighted by atomic mass is 16.5. The van der Waals surface area contributed by atoms with Crippen molar-refractivity contribution in [2.75, 3.05) is 13.1 Å². The number of pyridine rings is 1. The Morgan fingerprint density at radius 1 is 1.04 bits per heavy atom. The zero-order valence-electron chi connectivity index (χ0n) is 16.7. The summed E-state index contributed by atoms with van der Waals surface area (Å²) in [5.41, 5.74) is 1.26. The molecule has 27 heavy (non-hydrogen) atoms. The normalized spacial score (nSPS) is 20.2. The van der Waals surface area contributed by atoms with Crippen LogP contribution in [-0.2, 0) is 13.5 Å². The van der Waals surface area contributed by atoms with E-state index in [4.69, 9.17) is 4.74 Å². The van der Waals surface area contributed by atoms with Crippen LogP contribution in [0.3, 0.4) is 0 Å². The van der Waals surface area contributed by atoms with E-state index < -0.39 is 0 Å². The van der Waals surface area contributed by atoms with Gasteiger partial charge in [0.1, 0.15) is 11.9 Å². The minimum Gasteiger partial charge on any atom is -0.490 e. The molecule has 4 nitrogen and oxygen atoms in total. The van der Waals surface area contributed by atoms with Crippen molar-refractivity contribution in [3.8, 4) is 5.75 Å². The van der Waals surface area contributed by atoms with Crippen molar-refractivity contribution in [2.24, 2.45) is 7.05 Å².